The standard InChI is InChI=1S/C20H14F2O2/c1-24-16-9-8-14-11-13(5-7-15(14)12-16)6-10-19(23)20-17(21)3-2-4-18(20)22/h2-12H,1H3/b10-6+. The first-order chi connectivity index (χ1) is 11.6. The summed E-state index contributed by atoms with van der Waals surface area (Å²) in [5.74, 6) is -1.68. The Morgan fingerprint density at radius 1 is 0.958 bits per heavy atom. The maximum atomic E-state index is 13.6. The summed E-state index contributed by atoms with van der Waals surface area (Å²) in [6.07, 6.45) is 2.71. The first kappa shape index (κ1) is 15.9. The minimum Gasteiger partial charge on any atom is -0.497 e. The minimum absolute atomic E-state index is 0.542. The molecule has 3 aromatic carbocycles. The molecule has 0 heterocycles. The summed E-state index contributed by atoms with van der Waals surface area (Å²) in [7, 11) is 1.60. The van der Waals surface area contributed by atoms with Gasteiger partial charge in [-0.2, -0.15) is 0 Å². The lowest BCUT2D eigenvalue weighted by Crippen LogP contribution is -2.02. The van der Waals surface area contributed by atoms with Crippen LogP contribution in [0.4, 0.5) is 8.78 Å². The Hall–Kier alpha value is -3.01. The first-order valence-corrected chi connectivity index (χ1v) is 7.33. The van der Waals surface area contributed by atoms with Crippen molar-refractivity contribution in [3.63, 3.8) is 0 Å². The van der Waals surface area contributed by atoms with Gasteiger partial charge in [0.2, 0.25) is 0 Å². The summed E-state index contributed by atoms with van der Waals surface area (Å²) >= 11 is 0. The number of fused-ring (bicyclic) bond motifs is 1. The van der Waals surface area contributed by atoms with E-state index in [1.165, 1.54) is 18.2 Å². The van der Waals surface area contributed by atoms with Gasteiger partial charge in [0.15, 0.2) is 5.78 Å². The molecule has 0 bridgehead atoms. The van der Waals surface area contributed by atoms with Crippen LogP contribution in [0.1, 0.15) is 15.9 Å². The molecule has 0 spiro atoms. The first-order valence-electron chi connectivity index (χ1n) is 7.33. The lowest BCUT2D eigenvalue weighted by molar-refractivity contribution is 0.104. The van der Waals surface area contributed by atoms with E-state index in [0.29, 0.717) is 0 Å². The molecular weight excluding hydrogens is 310 g/mol. The third-order valence-corrected chi connectivity index (χ3v) is 3.71. The summed E-state index contributed by atoms with van der Waals surface area (Å²) in [5, 5.41) is 1.97. The van der Waals surface area contributed by atoms with Gasteiger partial charge in [-0.05, 0) is 52.7 Å². The normalized spacial score (nSPS) is 11.1. The average Bonchev–Trinajstić information content (AvgIpc) is 2.59. The summed E-state index contributed by atoms with van der Waals surface area (Å²) in [6, 6.07) is 14.6. The number of benzene rings is 3. The zero-order valence-corrected chi connectivity index (χ0v) is 12.9. The highest BCUT2D eigenvalue weighted by Gasteiger charge is 2.14. The van der Waals surface area contributed by atoms with Crippen molar-refractivity contribution in [2.45, 2.75) is 0 Å². The van der Waals surface area contributed by atoms with Crippen LogP contribution < -0.4 is 4.74 Å². The van der Waals surface area contributed by atoms with E-state index in [1.54, 1.807) is 7.11 Å². The molecule has 0 amide bonds. The van der Waals surface area contributed by atoms with Crippen LogP contribution in [0.15, 0.2) is 60.7 Å². The Kier molecular flexibility index (Phi) is 4.38. The number of carbonyl (C=O) groups is 1. The topological polar surface area (TPSA) is 26.3 Å². The molecule has 0 unspecified atom stereocenters. The Morgan fingerprint density at radius 2 is 1.62 bits per heavy atom. The van der Waals surface area contributed by atoms with Crippen LogP contribution in [0.25, 0.3) is 16.8 Å². The molecule has 0 aliphatic rings. The van der Waals surface area contributed by atoms with E-state index in [0.717, 1.165) is 34.2 Å². The molecule has 120 valence electrons. The van der Waals surface area contributed by atoms with E-state index in [9.17, 15) is 13.6 Å². The van der Waals surface area contributed by atoms with Crippen molar-refractivity contribution < 1.29 is 18.3 Å². The number of halogens is 2. The quantitative estimate of drug-likeness (QED) is 0.497. The molecule has 2 nitrogen and oxygen atoms in total. The second-order valence-electron chi connectivity index (χ2n) is 5.27. The lowest BCUT2D eigenvalue weighted by Gasteiger charge is -2.03. The molecule has 0 saturated carbocycles. The van der Waals surface area contributed by atoms with Gasteiger partial charge in [0, 0.05) is 0 Å². The fourth-order valence-corrected chi connectivity index (χ4v) is 2.46. The molecule has 24 heavy (non-hydrogen) atoms. The van der Waals surface area contributed by atoms with Crippen LogP contribution in [-0.4, -0.2) is 12.9 Å². The fraction of sp³-hybridized carbons (Fsp3) is 0.0500. The Balaban J connectivity index is 1.89. The van der Waals surface area contributed by atoms with Crippen LogP contribution in [-0.2, 0) is 0 Å². The predicted molar refractivity (Wildman–Crippen MR) is 90.2 cm³/mol. The van der Waals surface area contributed by atoms with Crippen LogP contribution in [0.3, 0.4) is 0 Å². The summed E-state index contributed by atoms with van der Waals surface area (Å²) < 4.78 is 32.4. The van der Waals surface area contributed by atoms with Crippen molar-refractivity contribution in [2.24, 2.45) is 0 Å². The number of hydrogen-bond donors (Lipinski definition) is 0. The molecule has 3 aromatic rings. The maximum Gasteiger partial charge on any atom is 0.191 e. The number of methoxy groups -OCH3 is 1. The van der Waals surface area contributed by atoms with Crippen LogP contribution >= 0.6 is 0 Å². The van der Waals surface area contributed by atoms with E-state index < -0.39 is 23.0 Å². The second kappa shape index (κ2) is 6.62. The molecule has 0 atom stereocenters. The van der Waals surface area contributed by atoms with Gasteiger partial charge in [0.1, 0.15) is 17.4 Å². The minimum atomic E-state index is -0.866. The van der Waals surface area contributed by atoms with Crippen LogP contribution in [0.2, 0.25) is 0 Å². The van der Waals surface area contributed by atoms with E-state index in [1.807, 2.05) is 36.4 Å². The van der Waals surface area contributed by atoms with Crippen LogP contribution in [0, 0.1) is 11.6 Å². The molecular formula is C20H14F2O2. The van der Waals surface area contributed by atoms with Gasteiger partial charge in [0.25, 0.3) is 0 Å². The van der Waals surface area contributed by atoms with Crippen molar-refractivity contribution in [1.29, 1.82) is 0 Å². The van der Waals surface area contributed by atoms with Crippen molar-refractivity contribution in [2.75, 3.05) is 7.11 Å². The molecule has 0 radical (unpaired) electrons. The van der Waals surface area contributed by atoms with Gasteiger partial charge in [-0.1, -0.05) is 30.3 Å². The van der Waals surface area contributed by atoms with Crippen molar-refractivity contribution in [3.05, 3.63) is 83.4 Å². The smallest absolute Gasteiger partial charge is 0.191 e. The van der Waals surface area contributed by atoms with Crippen molar-refractivity contribution in [3.8, 4) is 5.75 Å². The van der Waals surface area contributed by atoms with Gasteiger partial charge >= 0.3 is 0 Å². The van der Waals surface area contributed by atoms with E-state index >= 15 is 0 Å². The van der Waals surface area contributed by atoms with E-state index in [-0.39, 0.29) is 0 Å². The third kappa shape index (κ3) is 3.18. The largest absolute Gasteiger partial charge is 0.497 e. The average molecular weight is 324 g/mol. The highest BCUT2D eigenvalue weighted by atomic mass is 19.1. The Morgan fingerprint density at radius 3 is 2.33 bits per heavy atom. The molecule has 0 aliphatic carbocycles. The molecule has 3 rings (SSSR count). The number of ketones is 1. The lowest BCUT2D eigenvalue weighted by atomic mass is 10.0. The SMILES string of the molecule is COc1ccc2cc(/C=C/C(=O)c3c(F)cccc3F)ccc2c1. The number of allylic oxidation sites excluding steroid dienone is 1. The summed E-state index contributed by atoms with van der Waals surface area (Å²) in [5.41, 5.74) is 0.219. The zero-order chi connectivity index (χ0) is 17.1. The highest BCUT2D eigenvalue weighted by molar-refractivity contribution is 6.07. The van der Waals surface area contributed by atoms with Gasteiger partial charge < -0.3 is 4.74 Å². The van der Waals surface area contributed by atoms with Crippen molar-refractivity contribution >= 4 is 22.6 Å². The fourth-order valence-electron chi connectivity index (χ4n) is 2.46. The number of carbonyl (C=O) groups excluding carboxylic acids is 1. The number of rotatable bonds is 4. The van der Waals surface area contributed by atoms with Crippen molar-refractivity contribution in [1.82, 2.24) is 0 Å². The molecule has 4 heteroatoms. The Labute approximate surface area is 138 Å². The molecule has 0 N–H and O–H groups in total. The van der Waals surface area contributed by atoms with Gasteiger partial charge in [0.05, 0.1) is 12.7 Å². The summed E-state index contributed by atoms with van der Waals surface area (Å²) in [4.78, 5) is 12.0. The molecule has 0 saturated heterocycles. The zero-order valence-electron chi connectivity index (χ0n) is 12.9. The predicted octanol–water partition coefficient (Wildman–Crippen LogP) is 5.02. The Bertz CT molecular complexity index is 925. The third-order valence-electron chi connectivity index (χ3n) is 3.71. The van der Waals surface area contributed by atoms with E-state index in [2.05, 4.69) is 0 Å². The van der Waals surface area contributed by atoms with Gasteiger partial charge in [-0.25, -0.2) is 8.78 Å². The highest BCUT2D eigenvalue weighted by Crippen LogP contribution is 2.22. The molecule has 0 aromatic heterocycles. The van der Waals surface area contributed by atoms with Gasteiger partial charge in [-0.15, -0.1) is 0 Å². The number of hydrogen-bond acceptors (Lipinski definition) is 2. The van der Waals surface area contributed by atoms with Gasteiger partial charge in [-0.3, -0.25) is 4.79 Å². The van der Waals surface area contributed by atoms with Crippen LogP contribution in [0.5, 0.6) is 5.75 Å². The summed E-state index contributed by atoms with van der Waals surface area (Å²) in [6.45, 7) is 0. The van der Waals surface area contributed by atoms with E-state index in [4.69, 9.17) is 4.74 Å². The molecule has 0 aliphatic heterocycles. The maximum absolute atomic E-state index is 13.6. The molecule has 0 fully saturated rings. The monoisotopic (exact) mass is 324 g/mol. The second-order valence-corrected chi connectivity index (χ2v) is 5.27. The number of ether oxygens (including phenoxy) is 1.